The summed E-state index contributed by atoms with van der Waals surface area (Å²) in [4.78, 5) is 13.8. The molecule has 0 aromatic heterocycles. The molecule has 7 rings (SSSR count). The van der Waals surface area contributed by atoms with E-state index in [9.17, 15) is 55.9 Å². The average Bonchev–Trinajstić information content (AvgIpc) is 3.66. The molecule has 0 spiro atoms. The van der Waals surface area contributed by atoms with Crippen LogP contribution in [0.2, 0.25) is 0 Å². The van der Waals surface area contributed by atoms with Gasteiger partial charge in [-0.25, -0.2) is 4.79 Å². The van der Waals surface area contributed by atoms with E-state index in [1.54, 1.807) is 6.08 Å². The predicted molar refractivity (Wildman–Crippen MR) is 155 cm³/mol. The summed E-state index contributed by atoms with van der Waals surface area (Å²) in [6.07, 6.45) is -15.4. The lowest BCUT2D eigenvalue weighted by Crippen LogP contribution is -2.60. The van der Waals surface area contributed by atoms with Crippen molar-refractivity contribution >= 4 is 5.97 Å². The molecular formula is C31H44O19. The maximum Gasteiger partial charge on any atom is 0.337 e. The lowest BCUT2D eigenvalue weighted by Gasteiger charge is -2.44. The molecule has 10 N–H and O–H groups in total. The van der Waals surface area contributed by atoms with Gasteiger partial charge >= 0.3 is 5.97 Å². The van der Waals surface area contributed by atoms with Crippen molar-refractivity contribution in [1.29, 1.82) is 0 Å². The maximum atomic E-state index is 13.8. The molecule has 0 radical (unpaired) electrons. The second-order valence-electron chi connectivity index (χ2n) is 14.2. The van der Waals surface area contributed by atoms with E-state index >= 15 is 0 Å². The molecule has 0 aromatic carbocycles. The summed E-state index contributed by atoms with van der Waals surface area (Å²) in [5, 5.41) is 103. The quantitative estimate of drug-likeness (QED) is 0.0786. The van der Waals surface area contributed by atoms with Gasteiger partial charge < -0.3 is 89.0 Å². The minimum atomic E-state index is -1.72. The van der Waals surface area contributed by atoms with Crippen LogP contribution in [0.5, 0.6) is 0 Å². The third-order valence-electron chi connectivity index (χ3n) is 11.3. The Morgan fingerprint density at radius 1 is 0.820 bits per heavy atom. The summed E-state index contributed by atoms with van der Waals surface area (Å²) >= 11 is 0. The van der Waals surface area contributed by atoms with Gasteiger partial charge in [-0.3, -0.25) is 0 Å². The highest BCUT2D eigenvalue weighted by Crippen LogP contribution is 2.61. The average molecular weight is 721 g/mol. The molecule has 0 aromatic rings. The lowest BCUT2D eigenvalue weighted by atomic mass is 9.81. The number of carbonyl (C=O) groups excluding carboxylic acids is 1. The molecule has 0 bridgehead atoms. The first kappa shape index (κ1) is 36.3. The van der Waals surface area contributed by atoms with Crippen molar-refractivity contribution in [1.82, 2.24) is 0 Å². The number of hydrogen-bond donors (Lipinski definition) is 10. The first-order valence-electron chi connectivity index (χ1n) is 16.6. The molecule has 5 heterocycles. The number of esters is 1. The molecule has 20 unspecified atom stereocenters. The van der Waals surface area contributed by atoms with Crippen LogP contribution in [0.25, 0.3) is 0 Å². The summed E-state index contributed by atoms with van der Waals surface area (Å²) in [5.41, 5.74) is -2.63. The fourth-order valence-corrected chi connectivity index (χ4v) is 8.48. The number of carbonyl (C=O) groups is 1. The van der Waals surface area contributed by atoms with E-state index < -0.39 is 147 Å². The summed E-state index contributed by atoms with van der Waals surface area (Å²) < 4.78 is 46.0. The van der Waals surface area contributed by atoms with Gasteiger partial charge in [-0.1, -0.05) is 0 Å². The van der Waals surface area contributed by atoms with Crippen LogP contribution in [0.3, 0.4) is 0 Å². The van der Waals surface area contributed by atoms with Crippen LogP contribution in [-0.2, 0) is 42.7 Å². The fraction of sp³-hybridized carbons (Fsp3) is 0.839. The molecule has 2 saturated carbocycles. The second-order valence-corrected chi connectivity index (χ2v) is 14.2. The van der Waals surface area contributed by atoms with E-state index in [4.69, 9.17) is 37.9 Å². The van der Waals surface area contributed by atoms with Crippen molar-refractivity contribution in [3.63, 3.8) is 0 Å². The largest absolute Gasteiger partial charge is 0.472 e. The Hall–Kier alpha value is -2.05. The van der Waals surface area contributed by atoms with E-state index in [-0.39, 0.29) is 12.0 Å². The Balaban J connectivity index is 1.07. The zero-order valence-electron chi connectivity index (χ0n) is 26.8. The van der Waals surface area contributed by atoms with E-state index in [0.717, 1.165) is 6.26 Å². The molecule has 19 heteroatoms. The van der Waals surface area contributed by atoms with Gasteiger partial charge in [-0.15, -0.1) is 0 Å². The maximum absolute atomic E-state index is 13.8. The zero-order valence-corrected chi connectivity index (χ0v) is 26.8. The second kappa shape index (κ2) is 13.4. The smallest absolute Gasteiger partial charge is 0.337 e. The van der Waals surface area contributed by atoms with Gasteiger partial charge in [-0.2, -0.15) is 0 Å². The molecular weight excluding hydrogens is 676 g/mol. The Bertz CT molecular complexity index is 1320. The minimum absolute atomic E-state index is 0.0743. The van der Waals surface area contributed by atoms with Gasteiger partial charge in [0.2, 0.25) is 12.6 Å². The fourth-order valence-electron chi connectivity index (χ4n) is 8.48. The van der Waals surface area contributed by atoms with Crippen LogP contribution < -0.4 is 0 Å². The normalized spacial score (nSPS) is 53.7. The van der Waals surface area contributed by atoms with Crippen molar-refractivity contribution in [3.05, 3.63) is 24.2 Å². The Kier molecular flexibility index (Phi) is 9.75. The van der Waals surface area contributed by atoms with E-state index in [2.05, 4.69) is 0 Å². The third kappa shape index (κ3) is 5.76. The molecule has 7 aliphatic rings. The van der Waals surface area contributed by atoms with E-state index in [1.807, 2.05) is 0 Å². The Morgan fingerprint density at radius 2 is 1.40 bits per heavy atom. The lowest BCUT2D eigenvalue weighted by molar-refractivity contribution is -0.346. The van der Waals surface area contributed by atoms with Gasteiger partial charge in [0.1, 0.15) is 66.6 Å². The van der Waals surface area contributed by atoms with Crippen LogP contribution in [0.1, 0.15) is 19.8 Å². The van der Waals surface area contributed by atoms with Crippen LogP contribution in [0.15, 0.2) is 24.2 Å². The first-order valence-corrected chi connectivity index (χ1v) is 16.6. The van der Waals surface area contributed by atoms with Crippen LogP contribution in [0.4, 0.5) is 0 Å². The molecule has 0 amide bonds. The predicted octanol–water partition coefficient (Wildman–Crippen LogP) is -5.21. The summed E-state index contributed by atoms with van der Waals surface area (Å²) in [6.45, 7) is -0.335. The molecule has 50 heavy (non-hydrogen) atoms. The van der Waals surface area contributed by atoms with Crippen molar-refractivity contribution < 1.29 is 93.8 Å². The molecule has 20 atom stereocenters. The summed E-state index contributed by atoms with van der Waals surface area (Å²) in [6, 6.07) is 0. The number of fused-ring (bicyclic) bond motifs is 4. The number of rotatable bonds is 9. The standard InChI is InChI=1S/C31H44O19/c1-30(42)4-2-10-12(8-44-26(15(10)30)48-28-21(39)19(37)17(35)13(6-32)45-28)25(41)47-23-11-3-5-43-27(16(11)31(9-34)24(23)50-31)49-29-22(40)20(38)18(36)14(7-33)46-29/h3,5,8,10-11,13-24,26-29,32-40,42H,2,4,6-7,9H2,1H3. The topological polar surface area (TPSA) is 297 Å². The minimum Gasteiger partial charge on any atom is -0.472 e. The van der Waals surface area contributed by atoms with Gasteiger partial charge in [-0.05, 0) is 25.8 Å². The Morgan fingerprint density at radius 3 is 1.96 bits per heavy atom. The van der Waals surface area contributed by atoms with Crippen LogP contribution in [-0.4, -0.2) is 174 Å². The monoisotopic (exact) mass is 720 g/mol. The van der Waals surface area contributed by atoms with E-state index in [1.165, 1.54) is 13.2 Å². The number of epoxide rings is 1. The number of aliphatic hydroxyl groups excluding tert-OH is 9. The van der Waals surface area contributed by atoms with Gasteiger partial charge in [0, 0.05) is 11.8 Å². The molecule has 3 saturated heterocycles. The number of ether oxygens (including phenoxy) is 8. The first-order chi connectivity index (χ1) is 23.8. The van der Waals surface area contributed by atoms with E-state index in [0.29, 0.717) is 6.42 Å². The van der Waals surface area contributed by atoms with Gasteiger partial charge in [0.05, 0.1) is 55.4 Å². The molecule has 282 valence electrons. The number of hydrogen-bond acceptors (Lipinski definition) is 19. The number of aliphatic hydroxyl groups is 10. The van der Waals surface area contributed by atoms with Crippen molar-refractivity contribution in [2.75, 3.05) is 19.8 Å². The third-order valence-corrected chi connectivity index (χ3v) is 11.3. The SMILES string of the molecule is CC1(O)CCC2C(C(=O)OC3C4C=COC(OC5OC(CO)C(O)C(O)C5O)C4C4(CO)OC34)=COC(OC3OC(CO)C(O)C(O)C3O)C21. The Labute approximate surface area is 284 Å². The van der Waals surface area contributed by atoms with Crippen molar-refractivity contribution in [2.45, 2.75) is 117 Å². The highest BCUT2D eigenvalue weighted by Gasteiger charge is 2.77. The van der Waals surface area contributed by atoms with Crippen LogP contribution in [0, 0.1) is 23.7 Å². The van der Waals surface area contributed by atoms with Crippen LogP contribution >= 0.6 is 0 Å². The molecule has 5 fully saturated rings. The summed E-state index contributed by atoms with van der Waals surface area (Å²) in [5.74, 6) is -3.78. The van der Waals surface area contributed by atoms with Crippen molar-refractivity contribution in [3.8, 4) is 0 Å². The van der Waals surface area contributed by atoms with Crippen molar-refractivity contribution in [2.24, 2.45) is 23.7 Å². The highest BCUT2D eigenvalue weighted by molar-refractivity contribution is 5.89. The highest BCUT2D eigenvalue weighted by atomic mass is 16.8. The van der Waals surface area contributed by atoms with Gasteiger partial charge in [0.25, 0.3) is 0 Å². The molecule has 2 aliphatic carbocycles. The summed E-state index contributed by atoms with van der Waals surface area (Å²) in [7, 11) is 0. The molecule has 19 nitrogen and oxygen atoms in total. The zero-order chi connectivity index (χ0) is 35.9. The van der Waals surface area contributed by atoms with Gasteiger partial charge in [0.15, 0.2) is 12.6 Å². The molecule has 5 aliphatic heterocycles.